The predicted molar refractivity (Wildman–Crippen MR) is 104 cm³/mol. The van der Waals surface area contributed by atoms with Crippen molar-refractivity contribution in [3.8, 4) is 5.75 Å². The fourth-order valence-electron chi connectivity index (χ4n) is 4.31. The van der Waals surface area contributed by atoms with Crippen LogP contribution in [0.5, 0.6) is 5.75 Å². The van der Waals surface area contributed by atoms with Crippen molar-refractivity contribution >= 4 is 11.6 Å². The first kappa shape index (κ1) is 18.1. The zero-order chi connectivity index (χ0) is 17.5. The molecular weight excluding hydrogens is 312 g/mol. The molecule has 5 heteroatoms. The van der Waals surface area contributed by atoms with Gasteiger partial charge in [-0.25, -0.2) is 0 Å². The van der Waals surface area contributed by atoms with Crippen molar-refractivity contribution < 1.29 is 4.74 Å². The van der Waals surface area contributed by atoms with Gasteiger partial charge in [0.1, 0.15) is 5.75 Å². The third-order valence-corrected chi connectivity index (χ3v) is 5.72. The lowest BCUT2D eigenvalue weighted by atomic mass is 9.79. The van der Waals surface area contributed by atoms with Gasteiger partial charge in [0.05, 0.1) is 19.3 Å². The van der Waals surface area contributed by atoms with Crippen molar-refractivity contribution in [3.05, 3.63) is 24.3 Å². The predicted octanol–water partition coefficient (Wildman–Crippen LogP) is 3.61. The van der Waals surface area contributed by atoms with Gasteiger partial charge in [-0.1, -0.05) is 37.8 Å². The molecule has 1 saturated carbocycles. The summed E-state index contributed by atoms with van der Waals surface area (Å²) in [5.74, 6) is 1.26. The number of nitrogens with one attached hydrogen (secondary N) is 1. The average Bonchev–Trinajstić information content (AvgIpc) is 2.68. The Labute approximate surface area is 151 Å². The number of aliphatic imine (C=N–C) groups is 1. The van der Waals surface area contributed by atoms with Crippen molar-refractivity contribution in [1.82, 2.24) is 4.90 Å². The number of likely N-dealkylation sites (tertiary alicyclic amines) is 1. The van der Waals surface area contributed by atoms with Crippen LogP contribution in [0.25, 0.3) is 0 Å². The normalized spacial score (nSPS) is 21.7. The monoisotopic (exact) mass is 344 g/mol. The topological polar surface area (TPSA) is 62.9 Å². The molecule has 0 bridgehead atoms. The van der Waals surface area contributed by atoms with Crippen molar-refractivity contribution in [3.63, 3.8) is 0 Å². The Bertz CT molecular complexity index is 575. The number of nitrogens with two attached hydrogens (primary N) is 1. The summed E-state index contributed by atoms with van der Waals surface area (Å²) in [5, 5.41) is 3.21. The lowest BCUT2D eigenvalue weighted by Gasteiger charge is -2.47. The standard InChI is InChI=1S/C20H32N4O/c1-25-18-11-5-4-10-17(18)23-19(21)22-16-20(12-6-2-7-13-20)24-14-8-3-9-15-24/h4-5,10-11H,2-3,6-9,12-16H2,1H3,(H3,21,22,23). The Morgan fingerprint density at radius 1 is 1.12 bits per heavy atom. The molecule has 5 nitrogen and oxygen atoms in total. The minimum absolute atomic E-state index is 0.214. The van der Waals surface area contributed by atoms with Crippen LogP contribution in [0, 0.1) is 0 Å². The highest BCUT2D eigenvalue weighted by molar-refractivity contribution is 5.93. The number of benzene rings is 1. The smallest absolute Gasteiger partial charge is 0.193 e. The Hall–Kier alpha value is -1.75. The van der Waals surface area contributed by atoms with E-state index in [-0.39, 0.29) is 5.54 Å². The van der Waals surface area contributed by atoms with E-state index < -0.39 is 0 Å². The molecule has 0 amide bonds. The fourth-order valence-corrected chi connectivity index (χ4v) is 4.31. The summed E-state index contributed by atoms with van der Waals surface area (Å²) >= 11 is 0. The summed E-state index contributed by atoms with van der Waals surface area (Å²) in [4.78, 5) is 7.46. The van der Waals surface area contributed by atoms with Crippen LogP contribution in [0.4, 0.5) is 5.69 Å². The Morgan fingerprint density at radius 3 is 2.52 bits per heavy atom. The fraction of sp³-hybridized carbons (Fsp3) is 0.650. The first-order valence-electron chi connectivity index (χ1n) is 9.68. The van der Waals surface area contributed by atoms with Crippen LogP contribution in [-0.2, 0) is 0 Å². The molecule has 1 aliphatic carbocycles. The molecule has 3 rings (SSSR count). The van der Waals surface area contributed by atoms with E-state index in [1.54, 1.807) is 7.11 Å². The molecule has 1 heterocycles. The molecule has 1 aliphatic heterocycles. The van der Waals surface area contributed by atoms with Gasteiger partial charge in [-0.15, -0.1) is 0 Å². The molecule has 25 heavy (non-hydrogen) atoms. The zero-order valence-electron chi connectivity index (χ0n) is 15.5. The van der Waals surface area contributed by atoms with Crippen LogP contribution in [0.3, 0.4) is 0 Å². The van der Waals surface area contributed by atoms with Gasteiger partial charge in [-0.05, 0) is 50.9 Å². The van der Waals surface area contributed by atoms with Crippen molar-refractivity contribution in [2.75, 3.05) is 32.1 Å². The van der Waals surface area contributed by atoms with Crippen LogP contribution < -0.4 is 15.8 Å². The molecule has 0 radical (unpaired) electrons. The number of guanidine groups is 1. The average molecular weight is 345 g/mol. The maximum atomic E-state index is 6.20. The van der Waals surface area contributed by atoms with Gasteiger partial charge in [-0.2, -0.15) is 0 Å². The molecule has 1 saturated heterocycles. The van der Waals surface area contributed by atoms with Crippen LogP contribution in [0.15, 0.2) is 29.3 Å². The van der Waals surface area contributed by atoms with Gasteiger partial charge in [0, 0.05) is 5.54 Å². The van der Waals surface area contributed by atoms with E-state index in [1.807, 2.05) is 24.3 Å². The third-order valence-electron chi connectivity index (χ3n) is 5.72. The number of nitrogens with zero attached hydrogens (tertiary/aromatic N) is 2. The maximum Gasteiger partial charge on any atom is 0.193 e. The highest BCUT2D eigenvalue weighted by Crippen LogP contribution is 2.36. The van der Waals surface area contributed by atoms with E-state index in [4.69, 9.17) is 15.5 Å². The largest absolute Gasteiger partial charge is 0.495 e. The van der Waals surface area contributed by atoms with Crippen LogP contribution in [0.2, 0.25) is 0 Å². The summed E-state index contributed by atoms with van der Waals surface area (Å²) in [5.41, 5.74) is 7.28. The lowest BCUT2D eigenvalue weighted by molar-refractivity contribution is 0.0408. The highest BCUT2D eigenvalue weighted by atomic mass is 16.5. The lowest BCUT2D eigenvalue weighted by Crippen LogP contribution is -2.54. The minimum Gasteiger partial charge on any atom is -0.495 e. The molecule has 0 unspecified atom stereocenters. The molecular formula is C20H32N4O. The number of methoxy groups -OCH3 is 1. The number of hydrogen-bond donors (Lipinski definition) is 2. The van der Waals surface area contributed by atoms with Gasteiger partial charge in [0.25, 0.3) is 0 Å². The van der Waals surface area contributed by atoms with Gasteiger partial charge in [-0.3, -0.25) is 9.89 Å². The van der Waals surface area contributed by atoms with Crippen molar-refractivity contribution in [2.45, 2.75) is 56.9 Å². The Kier molecular flexibility index (Phi) is 6.19. The summed E-state index contributed by atoms with van der Waals surface area (Å²) in [6, 6.07) is 7.80. The van der Waals surface area contributed by atoms with E-state index in [2.05, 4.69) is 10.2 Å². The van der Waals surface area contributed by atoms with Crippen molar-refractivity contribution in [2.24, 2.45) is 10.7 Å². The molecule has 0 atom stereocenters. The molecule has 2 fully saturated rings. The zero-order valence-corrected chi connectivity index (χ0v) is 15.5. The highest BCUT2D eigenvalue weighted by Gasteiger charge is 2.38. The molecule has 3 N–H and O–H groups in total. The number of para-hydroxylation sites is 2. The number of piperidine rings is 1. The van der Waals surface area contributed by atoms with E-state index in [1.165, 1.54) is 64.5 Å². The number of ether oxygens (including phenoxy) is 1. The molecule has 138 valence electrons. The number of hydrogen-bond acceptors (Lipinski definition) is 3. The third kappa shape index (κ3) is 4.46. The Balaban J connectivity index is 1.69. The molecule has 1 aromatic rings. The number of anilines is 1. The SMILES string of the molecule is COc1ccccc1NC(N)=NCC1(N2CCCCC2)CCCCC1. The van der Waals surface area contributed by atoms with Crippen LogP contribution in [0.1, 0.15) is 51.4 Å². The number of rotatable bonds is 5. The maximum absolute atomic E-state index is 6.20. The van der Waals surface area contributed by atoms with Gasteiger partial charge < -0.3 is 15.8 Å². The quantitative estimate of drug-likeness (QED) is 0.633. The second-order valence-electron chi connectivity index (χ2n) is 7.36. The summed E-state index contributed by atoms with van der Waals surface area (Å²) < 4.78 is 5.37. The molecule has 2 aliphatic rings. The summed E-state index contributed by atoms with van der Waals surface area (Å²) in [6.45, 7) is 3.23. The van der Waals surface area contributed by atoms with Crippen molar-refractivity contribution in [1.29, 1.82) is 0 Å². The van der Waals surface area contributed by atoms with E-state index in [9.17, 15) is 0 Å². The first-order valence-corrected chi connectivity index (χ1v) is 9.68. The van der Waals surface area contributed by atoms with Crippen LogP contribution >= 0.6 is 0 Å². The first-order chi connectivity index (χ1) is 12.2. The van der Waals surface area contributed by atoms with Crippen LogP contribution in [-0.4, -0.2) is 43.1 Å². The van der Waals surface area contributed by atoms with Gasteiger partial charge in [0.2, 0.25) is 0 Å². The van der Waals surface area contributed by atoms with Gasteiger partial charge >= 0.3 is 0 Å². The summed E-state index contributed by atoms with van der Waals surface area (Å²) in [7, 11) is 1.67. The van der Waals surface area contributed by atoms with Gasteiger partial charge in [0.15, 0.2) is 5.96 Å². The minimum atomic E-state index is 0.214. The van der Waals surface area contributed by atoms with E-state index >= 15 is 0 Å². The Morgan fingerprint density at radius 2 is 1.80 bits per heavy atom. The second kappa shape index (κ2) is 8.56. The molecule has 0 aromatic heterocycles. The molecule has 0 spiro atoms. The molecule has 1 aromatic carbocycles. The van der Waals surface area contributed by atoms with E-state index in [0.717, 1.165) is 18.0 Å². The van der Waals surface area contributed by atoms with E-state index in [0.29, 0.717) is 5.96 Å². The second-order valence-corrected chi connectivity index (χ2v) is 7.36. The summed E-state index contributed by atoms with van der Waals surface area (Å²) in [6.07, 6.45) is 10.5.